The van der Waals surface area contributed by atoms with Gasteiger partial charge in [0.15, 0.2) is 12.2 Å². The summed E-state index contributed by atoms with van der Waals surface area (Å²) in [6.07, 6.45) is 73.6. The standard InChI is InChI=1S/C77H130O17P2/c1-5-9-13-17-21-25-29-32-34-35-37-40-43-46-50-54-58-62-75(80)87-67-72(93-76(81)63-59-55-51-47-41-28-24-20-16-12-8-4)69-91-95(83,84)89-65-71(78)66-90-96(85,86)92-70-73(94-77(82)64-60-56-52-48-44-38-31-27-23-19-15-11-7-3)68-88-74(79)61-57-53-49-45-42-39-36-33-30-26-22-18-14-10-6-2/h9-10,13-14,21-22,25-27,31-34,36-37,40,42,45-46,50,71-73,78H,5-8,11-12,15-20,23-24,28-30,35,38-39,41,43-44,47-49,51-70H2,1-4H3,(H,83,84)(H,85,86)/b13-9-,14-10-,25-21-,26-22-,31-27-,34-32-,36-33-,40-37-,45-42-,50-46-. The molecule has 0 heterocycles. The highest BCUT2D eigenvalue weighted by molar-refractivity contribution is 7.47. The van der Waals surface area contributed by atoms with Gasteiger partial charge in [-0.25, -0.2) is 9.13 Å². The lowest BCUT2D eigenvalue weighted by molar-refractivity contribution is -0.161. The van der Waals surface area contributed by atoms with Crippen LogP contribution < -0.4 is 0 Å². The Kier molecular flexibility index (Phi) is 65.7. The number of allylic oxidation sites excluding steroid dienone is 20. The molecule has 0 fully saturated rings. The molecule has 0 amide bonds. The molecule has 0 aliphatic rings. The molecule has 5 unspecified atom stereocenters. The van der Waals surface area contributed by atoms with E-state index in [9.17, 15) is 43.2 Å². The van der Waals surface area contributed by atoms with Crippen LogP contribution in [0.15, 0.2) is 122 Å². The van der Waals surface area contributed by atoms with E-state index >= 15 is 0 Å². The molecule has 550 valence electrons. The first-order valence-corrected chi connectivity index (χ1v) is 39.8. The predicted octanol–water partition coefficient (Wildman–Crippen LogP) is 20.8. The van der Waals surface area contributed by atoms with Crippen molar-refractivity contribution < 1.29 is 80.2 Å². The Hall–Kier alpha value is -4.54. The Balaban J connectivity index is 5.40. The van der Waals surface area contributed by atoms with Gasteiger partial charge in [0.05, 0.1) is 26.4 Å². The quantitative estimate of drug-likeness (QED) is 0.0169. The fraction of sp³-hybridized carbons (Fsp3) is 0.688. The normalized spacial score (nSPS) is 14.7. The van der Waals surface area contributed by atoms with Crippen molar-refractivity contribution in [1.29, 1.82) is 0 Å². The zero-order valence-corrected chi connectivity index (χ0v) is 61.5. The summed E-state index contributed by atoms with van der Waals surface area (Å²) in [7, 11) is -9.97. The van der Waals surface area contributed by atoms with Crippen molar-refractivity contribution in [2.45, 2.75) is 303 Å². The monoisotopic (exact) mass is 1390 g/mol. The summed E-state index contributed by atoms with van der Waals surface area (Å²) >= 11 is 0. The molecule has 0 aromatic rings. The molecule has 0 aliphatic heterocycles. The number of phosphoric ester groups is 2. The number of carbonyl (C=O) groups is 4. The summed E-state index contributed by atoms with van der Waals surface area (Å²) in [5, 5.41) is 10.6. The third-order valence-electron chi connectivity index (χ3n) is 14.9. The summed E-state index contributed by atoms with van der Waals surface area (Å²) in [5.74, 6) is -2.30. The maximum absolute atomic E-state index is 13.0. The highest BCUT2D eigenvalue weighted by Gasteiger charge is 2.30. The number of aliphatic hydroxyl groups is 1. The van der Waals surface area contributed by atoms with Crippen molar-refractivity contribution >= 4 is 39.5 Å². The number of esters is 4. The molecular weight excluding hydrogens is 1260 g/mol. The van der Waals surface area contributed by atoms with Gasteiger partial charge in [-0.05, 0) is 128 Å². The predicted molar refractivity (Wildman–Crippen MR) is 390 cm³/mol. The summed E-state index contributed by atoms with van der Waals surface area (Å²) in [5.41, 5.74) is 0. The average molecular weight is 1390 g/mol. The van der Waals surface area contributed by atoms with Crippen molar-refractivity contribution in [3.05, 3.63) is 122 Å². The Morgan fingerprint density at radius 3 is 0.917 bits per heavy atom. The lowest BCUT2D eigenvalue weighted by Crippen LogP contribution is -2.30. The third-order valence-corrected chi connectivity index (χ3v) is 16.8. The molecule has 19 heteroatoms. The van der Waals surface area contributed by atoms with E-state index < -0.39 is 97.5 Å². The van der Waals surface area contributed by atoms with Crippen LogP contribution in [0.5, 0.6) is 0 Å². The fourth-order valence-electron chi connectivity index (χ4n) is 9.36. The lowest BCUT2D eigenvalue weighted by atomic mass is 10.1. The van der Waals surface area contributed by atoms with Crippen LogP contribution in [0.4, 0.5) is 0 Å². The van der Waals surface area contributed by atoms with E-state index in [0.29, 0.717) is 32.1 Å². The van der Waals surface area contributed by atoms with Crippen molar-refractivity contribution in [3.63, 3.8) is 0 Å². The molecule has 0 saturated heterocycles. The number of unbranched alkanes of at least 4 members (excludes halogenated alkanes) is 22. The second-order valence-corrected chi connectivity index (χ2v) is 27.0. The van der Waals surface area contributed by atoms with Crippen LogP contribution in [-0.4, -0.2) is 96.7 Å². The van der Waals surface area contributed by atoms with Crippen molar-refractivity contribution in [2.75, 3.05) is 39.6 Å². The molecule has 5 atom stereocenters. The number of aliphatic hydroxyl groups excluding tert-OH is 1. The van der Waals surface area contributed by atoms with E-state index in [4.69, 9.17) is 37.0 Å². The van der Waals surface area contributed by atoms with Crippen LogP contribution in [0.2, 0.25) is 0 Å². The van der Waals surface area contributed by atoms with Crippen LogP contribution in [0.25, 0.3) is 0 Å². The lowest BCUT2D eigenvalue weighted by Gasteiger charge is -2.21. The van der Waals surface area contributed by atoms with E-state index in [0.717, 1.165) is 135 Å². The number of hydrogen-bond acceptors (Lipinski definition) is 15. The average Bonchev–Trinajstić information content (AvgIpc) is 1.13. The molecule has 0 aromatic heterocycles. The molecule has 17 nitrogen and oxygen atoms in total. The molecule has 0 aliphatic carbocycles. The van der Waals surface area contributed by atoms with Crippen molar-refractivity contribution in [3.8, 4) is 0 Å². The maximum atomic E-state index is 13.0. The van der Waals surface area contributed by atoms with E-state index in [1.54, 1.807) is 0 Å². The van der Waals surface area contributed by atoms with Gasteiger partial charge in [-0.2, -0.15) is 0 Å². The van der Waals surface area contributed by atoms with Gasteiger partial charge in [-0.3, -0.25) is 37.3 Å². The van der Waals surface area contributed by atoms with Crippen LogP contribution in [-0.2, 0) is 65.4 Å². The molecule has 0 radical (unpaired) electrons. The SMILES string of the molecule is CC/C=C\C/C=C\C/C=C\C/C=C\C/C=C\CCCC(=O)OCC(COP(=O)(O)OCC(O)COP(=O)(O)OCC(COC(=O)CCCC/C=C\C/C=C\C/C=C\C/C=C\CC)OC(=O)CCCCCCC/C=C\CCCCCC)OC(=O)CCCCCCCCCCCCC. The molecule has 0 bridgehead atoms. The second kappa shape index (κ2) is 69.0. The van der Waals surface area contributed by atoms with Gasteiger partial charge < -0.3 is 33.8 Å². The fourth-order valence-corrected chi connectivity index (χ4v) is 10.9. The van der Waals surface area contributed by atoms with Gasteiger partial charge in [0.1, 0.15) is 19.3 Å². The van der Waals surface area contributed by atoms with E-state index in [1.165, 1.54) is 64.2 Å². The highest BCUT2D eigenvalue weighted by Crippen LogP contribution is 2.45. The zero-order chi connectivity index (χ0) is 70.4. The summed E-state index contributed by atoms with van der Waals surface area (Å²) in [6, 6.07) is 0. The largest absolute Gasteiger partial charge is 0.472 e. The molecule has 0 aromatic carbocycles. The summed E-state index contributed by atoms with van der Waals surface area (Å²) in [6.45, 7) is 4.49. The van der Waals surface area contributed by atoms with Crippen LogP contribution in [0, 0.1) is 0 Å². The van der Waals surface area contributed by atoms with Gasteiger partial charge in [-0.15, -0.1) is 0 Å². The molecule has 0 saturated carbocycles. The number of rotatable bonds is 68. The van der Waals surface area contributed by atoms with E-state index in [2.05, 4.69) is 137 Å². The van der Waals surface area contributed by atoms with Gasteiger partial charge in [0.25, 0.3) is 0 Å². The van der Waals surface area contributed by atoms with Crippen molar-refractivity contribution in [1.82, 2.24) is 0 Å². The number of carbonyl (C=O) groups excluding carboxylic acids is 4. The number of ether oxygens (including phenoxy) is 4. The second-order valence-electron chi connectivity index (χ2n) is 24.1. The van der Waals surface area contributed by atoms with Crippen LogP contribution >= 0.6 is 15.6 Å². The Labute approximate surface area is 581 Å². The van der Waals surface area contributed by atoms with Crippen molar-refractivity contribution in [2.24, 2.45) is 0 Å². The van der Waals surface area contributed by atoms with E-state index in [1.807, 2.05) is 12.2 Å². The third kappa shape index (κ3) is 68.0. The van der Waals surface area contributed by atoms with Crippen LogP contribution in [0.1, 0.15) is 285 Å². The van der Waals surface area contributed by atoms with Gasteiger partial charge in [-0.1, -0.05) is 252 Å². The number of phosphoric acid groups is 2. The molecule has 96 heavy (non-hydrogen) atoms. The topological polar surface area (TPSA) is 237 Å². The van der Waals surface area contributed by atoms with Gasteiger partial charge >= 0.3 is 39.5 Å². The number of hydrogen-bond donors (Lipinski definition) is 3. The zero-order valence-electron chi connectivity index (χ0n) is 59.8. The van der Waals surface area contributed by atoms with Crippen LogP contribution in [0.3, 0.4) is 0 Å². The highest BCUT2D eigenvalue weighted by atomic mass is 31.2. The molecular formula is C77H130O17P2. The molecule has 0 spiro atoms. The first-order chi connectivity index (χ1) is 46.7. The first-order valence-electron chi connectivity index (χ1n) is 36.8. The summed E-state index contributed by atoms with van der Waals surface area (Å²) < 4.78 is 68.2. The Morgan fingerprint density at radius 2 is 0.552 bits per heavy atom. The minimum atomic E-state index is -4.99. The molecule has 3 N–H and O–H groups in total. The minimum absolute atomic E-state index is 0.0729. The maximum Gasteiger partial charge on any atom is 0.472 e. The summed E-state index contributed by atoms with van der Waals surface area (Å²) in [4.78, 5) is 72.7. The molecule has 0 rings (SSSR count). The van der Waals surface area contributed by atoms with E-state index in [-0.39, 0.29) is 25.7 Å². The first kappa shape index (κ1) is 91.5. The Morgan fingerprint density at radius 1 is 0.302 bits per heavy atom. The Bertz CT molecular complexity index is 2300. The van der Waals surface area contributed by atoms with Gasteiger partial charge in [0, 0.05) is 25.7 Å². The smallest absolute Gasteiger partial charge is 0.462 e. The minimum Gasteiger partial charge on any atom is -0.462 e. The van der Waals surface area contributed by atoms with Gasteiger partial charge in [0.2, 0.25) is 0 Å².